The van der Waals surface area contributed by atoms with Crippen LogP contribution in [0.25, 0.3) is 0 Å². The molecule has 0 heterocycles. The Hall–Kier alpha value is -2.44. The van der Waals surface area contributed by atoms with Gasteiger partial charge < -0.3 is 19.9 Å². The SMILES string of the molecule is CC(=O)Oc1cc(NCc2cc(Cl)cc(Cl)c2O)ccc1C(=O)OC(C)(C)C. The molecular weight excluding hydrogens is 405 g/mol. The molecule has 0 saturated heterocycles. The molecule has 2 aromatic carbocycles. The number of benzene rings is 2. The number of hydrogen-bond donors (Lipinski definition) is 2. The van der Waals surface area contributed by atoms with Crippen molar-refractivity contribution in [2.45, 2.75) is 39.8 Å². The topological polar surface area (TPSA) is 84.9 Å². The molecule has 0 atom stereocenters. The van der Waals surface area contributed by atoms with E-state index >= 15 is 0 Å². The number of rotatable bonds is 5. The van der Waals surface area contributed by atoms with Crippen LogP contribution in [0, 0.1) is 0 Å². The average Bonchev–Trinajstić information content (AvgIpc) is 2.54. The molecule has 150 valence electrons. The van der Waals surface area contributed by atoms with Gasteiger partial charge in [-0.15, -0.1) is 0 Å². The molecule has 28 heavy (non-hydrogen) atoms. The Kier molecular flexibility index (Phi) is 6.80. The van der Waals surface area contributed by atoms with Gasteiger partial charge in [-0.3, -0.25) is 4.79 Å². The lowest BCUT2D eigenvalue weighted by atomic mass is 10.1. The highest BCUT2D eigenvalue weighted by Gasteiger charge is 2.22. The summed E-state index contributed by atoms with van der Waals surface area (Å²) in [6, 6.07) is 7.66. The van der Waals surface area contributed by atoms with Crippen molar-refractivity contribution in [3.8, 4) is 11.5 Å². The van der Waals surface area contributed by atoms with Crippen LogP contribution in [0.4, 0.5) is 5.69 Å². The summed E-state index contributed by atoms with van der Waals surface area (Å²) in [6.45, 7) is 6.68. The Labute approximate surface area is 173 Å². The zero-order valence-corrected chi connectivity index (χ0v) is 17.4. The van der Waals surface area contributed by atoms with E-state index in [2.05, 4.69) is 5.32 Å². The molecule has 0 spiro atoms. The van der Waals surface area contributed by atoms with Crippen LogP contribution in [0.1, 0.15) is 43.6 Å². The number of hydrogen-bond acceptors (Lipinski definition) is 6. The van der Waals surface area contributed by atoms with Crippen LogP contribution in [-0.2, 0) is 16.1 Å². The Morgan fingerprint density at radius 3 is 2.43 bits per heavy atom. The van der Waals surface area contributed by atoms with Gasteiger partial charge in [0.1, 0.15) is 22.7 Å². The maximum Gasteiger partial charge on any atom is 0.342 e. The normalized spacial score (nSPS) is 11.1. The average molecular weight is 426 g/mol. The fourth-order valence-electron chi connectivity index (χ4n) is 2.32. The summed E-state index contributed by atoms with van der Waals surface area (Å²) in [4.78, 5) is 23.8. The molecule has 0 aliphatic carbocycles. The van der Waals surface area contributed by atoms with Crippen LogP contribution >= 0.6 is 23.2 Å². The lowest BCUT2D eigenvalue weighted by Crippen LogP contribution is -2.24. The summed E-state index contributed by atoms with van der Waals surface area (Å²) >= 11 is 11.9. The fourth-order valence-corrected chi connectivity index (χ4v) is 2.86. The third kappa shape index (κ3) is 6.04. The van der Waals surface area contributed by atoms with Gasteiger partial charge in [-0.2, -0.15) is 0 Å². The molecule has 2 N–H and O–H groups in total. The van der Waals surface area contributed by atoms with Gasteiger partial charge in [0.05, 0.1) is 5.02 Å². The first-order valence-electron chi connectivity index (χ1n) is 8.43. The van der Waals surface area contributed by atoms with Crippen LogP contribution < -0.4 is 10.1 Å². The molecule has 0 unspecified atom stereocenters. The standard InChI is InChI=1S/C20H21Cl2NO5/c1-11(24)27-17-9-14(5-6-15(17)19(26)28-20(2,3)4)23-10-12-7-13(21)8-16(22)18(12)25/h5-9,23,25H,10H2,1-4H3. The van der Waals surface area contributed by atoms with E-state index in [1.54, 1.807) is 32.9 Å². The van der Waals surface area contributed by atoms with Gasteiger partial charge in [0.25, 0.3) is 0 Å². The van der Waals surface area contributed by atoms with Gasteiger partial charge in [0.15, 0.2) is 0 Å². The Bertz CT molecular complexity index is 906. The first-order chi connectivity index (χ1) is 13.0. The summed E-state index contributed by atoms with van der Waals surface area (Å²) in [5, 5.41) is 13.6. The number of esters is 2. The van der Waals surface area contributed by atoms with Gasteiger partial charge in [0, 0.05) is 35.8 Å². The summed E-state index contributed by atoms with van der Waals surface area (Å²) < 4.78 is 10.5. The van der Waals surface area contributed by atoms with E-state index in [-0.39, 0.29) is 28.6 Å². The van der Waals surface area contributed by atoms with Gasteiger partial charge in [0.2, 0.25) is 0 Å². The highest BCUT2D eigenvalue weighted by molar-refractivity contribution is 6.35. The third-order valence-corrected chi connectivity index (χ3v) is 3.95. The minimum Gasteiger partial charge on any atom is -0.506 e. The van der Waals surface area contributed by atoms with E-state index < -0.39 is 17.5 Å². The number of carbonyl (C=O) groups excluding carboxylic acids is 2. The van der Waals surface area contributed by atoms with Crippen molar-refractivity contribution in [3.63, 3.8) is 0 Å². The highest BCUT2D eigenvalue weighted by atomic mass is 35.5. The van der Waals surface area contributed by atoms with Crippen molar-refractivity contribution < 1.29 is 24.2 Å². The van der Waals surface area contributed by atoms with Crippen molar-refractivity contribution in [1.82, 2.24) is 0 Å². The Morgan fingerprint density at radius 2 is 1.82 bits per heavy atom. The van der Waals surface area contributed by atoms with Crippen molar-refractivity contribution in [2.75, 3.05) is 5.32 Å². The number of carbonyl (C=O) groups is 2. The minimum atomic E-state index is -0.690. The molecule has 0 aliphatic rings. The molecular formula is C20H21Cl2NO5. The zero-order valence-electron chi connectivity index (χ0n) is 15.9. The molecule has 0 radical (unpaired) electrons. The second-order valence-corrected chi connectivity index (χ2v) is 7.90. The van der Waals surface area contributed by atoms with Gasteiger partial charge in [-0.1, -0.05) is 23.2 Å². The number of nitrogens with one attached hydrogen (secondary N) is 1. The molecule has 0 aromatic heterocycles. The summed E-state index contributed by atoms with van der Waals surface area (Å²) in [7, 11) is 0. The molecule has 0 amide bonds. The van der Waals surface area contributed by atoms with E-state index in [1.165, 1.54) is 25.1 Å². The maximum atomic E-state index is 12.4. The second kappa shape index (κ2) is 8.71. The van der Waals surface area contributed by atoms with Crippen molar-refractivity contribution in [3.05, 3.63) is 51.5 Å². The Morgan fingerprint density at radius 1 is 1.14 bits per heavy atom. The number of ether oxygens (including phenoxy) is 2. The number of phenols is 1. The molecule has 6 nitrogen and oxygen atoms in total. The predicted octanol–water partition coefficient (Wildman–Crippen LogP) is 5.19. The first kappa shape index (κ1) is 21.9. The molecule has 0 bridgehead atoms. The molecule has 0 fully saturated rings. The van der Waals surface area contributed by atoms with Crippen LogP contribution in [0.5, 0.6) is 11.5 Å². The molecule has 0 saturated carbocycles. The van der Waals surface area contributed by atoms with Crippen molar-refractivity contribution in [2.24, 2.45) is 0 Å². The van der Waals surface area contributed by atoms with Crippen molar-refractivity contribution in [1.29, 1.82) is 0 Å². The van der Waals surface area contributed by atoms with E-state index in [4.69, 9.17) is 32.7 Å². The van der Waals surface area contributed by atoms with Gasteiger partial charge >= 0.3 is 11.9 Å². The lowest BCUT2D eigenvalue weighted by molar-refractivity contribution is -0.131. The lowest BCUT2D eigenvalue weighted by Gasteiger charge is -2.20. The van der Waals surface area contributed by atoms with Crippen LogP contribution in [-0.4, -0.2) is 22.6 Å². The monoisotopic (exact) mass is 425 g/mol. The van der Waals surface area contributed by atoms with Gasteiger partial charge in [-0.25, -0.2) is 4.79 Å². The largest absolute Gasteiger partial charge is 0.506 e. The highest BCUT2D eigenvalue weighted by Crippen LogP contribution is 2.32. The quantitative estimate of drug-likeness (QED) is 0.506. The fraction of sp³-hybridized carbons (Fsp3) is 0.300. The predicted molar refractivity (Wildman–Crippen MR) is 108 cm³/mol. The molecule has 8 heteroatoms. The number of phenolic OH excluding ortho intramolecular Hbond substituents is 1. The Balaban J connectivity index is 2.27. The second-order valence-electron chi connectivity index (χ2n) is 7.06. The van der Waals surface area contributed by atoms with E-state index in [1.807, 2.05) is 0 Å². The molecule has 2 aromatic rings. The number of anilines is 1. The van der Waals surface area contributed by atoms with Crippen LogP contribution in [0.15, 0.2) is 30.3 Å². The maximum absolute atomic E-state index is 12.4. The van der Waals surface area contributed by atoms with E-state index in [0.29, 0.717) is 16.3 Å². The van der Waals surface area contributed by atoms with Crippen molar-refractivity contribution >= 4 is 40.8 Å². The third-order valence-electron chi connectivity index (χ3n) is 3.44. The number of halogens is 2. The summed E-state index contributed by atoms with van der Waals surface area (Å²) in [5.41, 5.74) is 0.483. The van der Waals surface area contributed by atoms with E-state index in [0.717, 1.165) is 0 Å². The summed E-state index contributed by atoms with van der Waals surface area (Å²) in [5.74, 6) is -1.18. The smallest absolute Gasteiger partial charge is 0.342 e. The van der Waals surface area contributed by atoms with Gasteiger partial charge in [-0.05, 0) is 45.0 Å². The minimum absolute atomic E-state index is 0.0695. The van der Waals surface area contributed by atoms with E-state index in [9.17, 15) is 14.7 Å². The molecule has 2 rings (SSSR count). The number of aromatic hydroxyl groups is 1. The zero-order chi connectivity index (χ0) is 21.1. The molecule has 0 aliphatic heterocycles. The summed E-state index contributed by atoms with van der Waals surface area (Å²) in [6.07, 6.45) is 0. The van der Waals surface area contributed by atoms with Crippen LogP contribution in [0.3, 0.4) is 0 Å². The van der Waals surface area contributed by atoms with Crippen LogP contribution in [0.2, 0.25) is 10.0 Å². The first-order valence-corrected chi connectivity index (χ1v) is 9.18.